The standard InChI is InChI=1S/C17H16N4O3S/c1-13(19-20-17(22)11-12-18)14-7-9-15(10-8-14)21-25(23,24)16-5-3-2-4-6-16/h2-10,21H,11H2,1H3,(H,20,22)/b19-13+. The van der Waals surface area contributed by atoms with Crippen LogP contribution in [0.15, 0.2) is 64.6 Å². The Morgan fingerprint density at radius 1 is 1.12 bits per heavy atom. The second kappa shape index (κ2) is 8.08. The number of hydrazone groups is 1. The fraction of sp³-hybridized carbons (Fsp3) is 0.118. The average molecular weight is 356 g/mol. The van der Waals surface area contributed by atoms with Gasteiger partial charge >= 0.3 is 0 Å². The maximum Gasteiger partial charge on any atom is 0.261 e. The van der Waals surface area contributed by atoms with E-state index in [1.807, 2.05) is 0 Å². The Morgan fingerprint density at radius 2 is 1.76 bits per heavy atom. The molecule has 0 bridgehead atoms. The van der Waals surface area contributed by atoms with Crippen molar-refractivity contribution in [3.63, 3.8) is 0 Å². The number of nitrogens with one attached hydrogen (secondary N) is 2. The third-order valence-electron chi connectivity index (χ3n) is 3.20. The highest BCUT2D eigenvalue weighted by molar-refractivity contribution is 7.92. The molecule has 0 aliphatic rings. The van der Waals surface area contributed by atoms with E-state index in [0.717, 1.165) is 0 Å². The fourth-order valence-electron chi connectivity index (χ4n) is 1.92. The second-order valence-corrected chi connectivity index (χ2v) is 6.75. The largest absolute Gasteiger partial charge is 0.280 e. The van der Waals surface area contributed by atoms with Gasteiger partial charge in [0.15, 0.2) is 0 Å². The number of sulfonamides is 1. The number of carbonyl (C=O) groups is 1. The third kappa shape index (κ3) is 5.16. The van der Waals surface area contributed by atoms with E-state index in [4.69, 9.17) is 5.26 Å². The van der Waals surface area contributed by atoms with Gasteiger partial charge in [-0.3, -0.25) is 9.52 Å². The lowest BCUT2D eigenvalue weighted by Crippen LogP contribution is -2.18. The molecule has 25 heavy (non-hydrogen) atoms. The Hall–Kier alpha value is -3.18. The van der Waals surface area contributed by atoms with E-state index < -0.39 is 15.9 Å². The molecule has 0 aromatic heterocycles. The molecule has 7 nitrogen and oxygen atoms in total. The molecule has 0 heterocycles. The summed E-state index contributed by atoms with van der Waals surface area (Å²) in [5.74, 6) is -0.492. The molecule has 0 aliphatic heterocycles. The van der Waals surface area contributed by atoms with Crippen molar-refractivity contribution < 1.29 is 13.2 Å². The molecule has 0 saturated carbocycles. The number of anilines is 1. The maximum atomic E-state index is 12.3. The Balaban J connectivity index is 2.09. The van der Waals surface area contributed by atoms with Crippen molar-refractivity contribution in [1.29, 1.82) is 5.26 Å². The first kappa shape index (κ1) is 18.2. The molecular weight excluding hydrogens is 340 g/mol. The first-order valence-electron chi connectivity index (χ1n) is 7.31. The minimum Gasteiger partial charge on any atom is -0.280 e. The summed E-state index contributed by atoms with van der Waals surface area (Å²) in [6, 6.07) is 16.4. The van der Waals surface area contributed by atoms with E-state index in [2.05, 4.69) is 15.2 Å². The number of rotatable bonds is 6. The highest BCUT2D eigenvalue weighted by Crippen LogP contribution is 2.16. The summed E-state index contributed by atoms with van der Waals surface area (Å²) in [4.78, 5) is 11.4. The molecule has 2 aromatic carbocycles. The molecule has 2 rings (SSSR count). The Bertz CT molecular complexity index is 915. The lowest BCUT2D eigenvalue weighted by Gasteiger charge is -2.09. The number of nitrogens with zero attached hydrogens (tertiary/aromatic N) is 2. The van der Waals surface area contributed by atoms with Crippen LogP contribution in [-0.2, 0) is 14.8 Å². The zero-order valence-electron chi connectivity index (χ0n) is 13.4. The van der Waals surface area contributed by atoms with Crippen LogP contribution in [-0.4, -0.2) is 20.0 Å². The van der Waals surface area contributed by atoms with Gasteiger partial charge in [-0.05, 0) is 36.8 Å². The van der Waals surface area contributed by atoms with E-state index in [-0.39, 0.29) is 11.3 Å². The van der Waals surface area contributed by atoms with Crippen LogP contribution in [0.1, 0.15) is 18.9 Å². The van der Waals surface area contributed by atoms with Gasteiger partial charge in [-0.1, -0.05) is 30.3 Å². The van der Waals surface area contributed by atoms with E-state index in [9.17, 15) is 13.2 Å². The highest BCUT2D eigenvalue weighted by atomic mass is 32.2. The zero-order chi connectivity index (χ0) is 18.3. The summed E-state index contributed by atoms with van der Waals surface area (Å²) in [6.07, 6.45) is -0.267. The van der Waals surface area contributed by atoms with Gasteiger partial charge in [0.05, 0.1) is 16.7 Å². The second-order valence-electron chi connectivity index (χ2n) is 5.06. The van der Waals surface area contributed by atoms with Gasteiger partial charge in [0, 0.05) is 5.69 Å². The van der Waals surface area contributed by atoms with Crippen LogP contribution in [0.5, 0.6) is 0 Å². The topological polar surface area (TPSA) is 111 Å². The number of hydrogen-bond donors (Lipinski definition) is 2. The third-order valence-corrected chi connectivity index (χ3v) is 4.59. The lowest BCUT2D eigenvalue weighted by molar-refractivity contribution is -0.120. The normalized spacial score (nSPS) is 11.4. The molecule has 2 aromatic rings. The van der Waals surface area contributed by atoms with Crippen LogP contribution < -0.4 is 10.1 Å². The van der Waals surface area contributed by atoms with Crippen LogP contribution in [0, 0.1) is 11.3 Å². The minimum atomic E-state index is -3.64. The van der Waals surface area contributed by atoms with Crippen molar-refractivity contribution in [3.05, 3.63) is 60.2 Å². The van der Waals surface area contributed by atoms with Gasteiger partial charge in [-0.2, -0.15) is 10.4 Å². The Labute approximate surface area is 146 Å². The van der Waals surface area contributed by atoms with Crippen LogP contribution in [0.25, 0.3) is 0 Å². The summed E-state index contributed by atoms with van der Waals surface area (Å²) < 4.78 is 27.0. The number of carbonyl (C=O) groups excluding carboxylic acids is 1. The molecule has 0 radical (unpaired) electrons. The smallest absolute Gasteiger partial charge is 0.261 e. The summed E-state index contributed by atoms with van der Waals surface area (Å²) in [7, 11) is -3.64. The molecule has 128 valence electrons. The van der Waals surface area contributed by atoms with Crippen molar-refractivity contribution in [2.75, 3.05) is 4.72 Å². The minimum absolute atomic E-state index is 0.178. The molecule has 0 atom stereocenters. The SMILES string of the molecule is C/C(=N\NC(=O)CC#N)c1ccc(NS(=O)(=O)c2ccccc2)cc1. The molecular formula is C17H16N4O3S. The fourth-order valence-corrected chi connectivity index (χ4v) is 2.99. The Kier molecular flexibility index (Phi) is 5.87. The lowest BCUT2D eigenvalue weighted by atomic mass is 10.1. The molecule has 0 aliphatic carbocycles. The maximum absolute atomic E-state index is 12.3. The van der Waals surface area contributed by atoms with Crippen LogP contribution in [0.4, 0.5) is 5.69 Å². The molecule has 8 heteroatoms. The van der Waals surface area contributed by atoms with Crippen LogP contribution in [0.2, 0.25) is 0 Å². The summed E-state index contributed by atoms with van der Waals surface area (Å²) >= 11 is 0. The number of benzene rings is 2. The van der Waals surface area contributed by atoms with E-state index >= 15 is 0 Å². The summed E-state index contributed by atoms with van der Waals surface area (Å²) in [6.45, 7) is 1.69. The van der Waals surface area contributed by atoms with E-state index in [1.165, 1.54) is 12.1 Å². The van der Waals surface area contributed by atoms with E-state index in [0.29, 0.717) is 17.0 Å². The summed E-state index contributed by atoms with van der Waals surface area (Å²) in [5, 5.41) is 12.3. The van der Waals surface area contributed by atoms with Gasteiger partial charge in [0.25, 0.3) is 15.9 Å². The molecule has 0 saturated heterocycles. The monoisotopic (exact) mass is 356 g/mol. The highest BCUT2D eigenvalue weighted by Gasteiger charge is 2.13. The molecule has 0 unspecified atom stereocenters. The first-order chi connectivity index (χ1) is 11.9. The van der Waals surface area contributed by atoms with Gasteiger partial charge in [0.1, 0.15) is 6.42 Å². The summed E-state index contributed by atoms with van der Waals surface area (Å²) in [5.41, 5.74) is 3.92. The van der Waals surface area contributed by atoms with Crippen molar-refractivity contribution in [1.82, 2.24) is 5.43 Å². The first-order valence-corrected chi connectivity index (χ1v) is 8.79. The Morgan fingerprint density at radius 3 is 2.36 bits per heavy atom. The van der Waals surface area contributed by atoms with Gasteiger partial charge < -0.3 is 0 Å². The van der Waals surface area contributed by atoms with Crippen LogP contribution in [0.3, 0.4) is 0 Å². The van der Waals surface area contributed by atoms with Gasteiger partial charge in [-0.25, -0.2) is 13.8 Å². The molecule has 2 N–H and O–H groups in total. The van der Waals surface area contributed by atoms with Crippen molar-refractivity contribution in [2.45, 2.75) is 18.2 Å². The van der Waals surface area contributed by atoms with Crippen molar-refractivity contribution >= 4 is 27.3 Å². The van der Waals surface area contributed by atoms with Gasteiger partial charge in [0.2, 0.25) is 0 Å². The number of hydrogen-bond acceptors (Lipinski definition) is 5. The predicted octanol–water partition coefficient (Wildman–Crippen LogP) is 2.24. The number of nitriles is 1. The van der Waals surface area contributed by atoms with Crippen LogP contribution >= 0.6 is 0 Å². The predicted molar refractivity (Wildman–Crippen MR) is 94.3 cm³/mol. The molecule has 1 amide bonds. The van der Waals surface area contributed by atoms with Crippen molar-refractivity contribution in [3.8, 4) is 6.07 Å². The molecule has 0 fully saturated rings. The average Bonchev–Trinajstić information content (AvgIpc) is 2.61. The quantitative estimate of drug-likeness (QED) is 0.610. The molecule has 0 spiro atoms. The zero-order valence-corrected chi connectivity index (χ0v) is 14.2. The number of amides is 1. The van der Waals surface area contributed by atoms with Gasteiger partial charge in [-0.15, -0.1) is 0 Å². The van der Waals surface area contributed by atoms with E-state index in [1.54, 1.807) is 55.5 Å². The van der Waals surface area contributed by atoms with Crippen molar-refractivity contribution in [2.24, 2.45) is 5.10 Å².